The molecular weight excluding hydrogens is 447 g/mol. The molecule has 8 heteroatoms. The van der Waals surface area contributed by atoms with Crippen molar-refractivity contribution in [3.8, 4) is 17.2 Å². The minimum atomic E-state index is -4.10. The van der Waals surface area contributed by atoms with E-state index in [1.807, 2.05) is 13.0 Å². The molecule has 0 unspecified atom stereocenters. The van der Waals surface area contributed by atoms with Gasteiger partial charge in [-0.25, -0.2) is 12.8 Å². The van der Waals surface area contributed by atoms with Crippen LogP contribution in [-0.4, -0.2) is 24.6 Å². The lowest BCUT2D eigenvalue weighted by Crippen LogP contribution is -2.04. The first-order valence-corrected chi connectivity index (χ1v) is 12.0. The lowest BCUT2D eigenvalue weighted by Gasteiger charge is -2.18. The third kappa shape index (κ3) is 4.57. The molecular formula is C25H23FO6S. The van der Waals surface area contributed by atoms with Crippen LogP contribution in [0.1, 0.15) is 35.1 Å². The Labute approximate surface area is 191 Å². The number of hydrogen-bond donors (Lipinski definition) is 2. The molecule has 1 aliphatic rings. The summed E-state index contributed by atoms with van der Waals surface area (Å²) in [6.07, 6.45) is 3.04. The van der Waals surface area contributed by atoms with Crippen molar-refractivity contribution in [2.45, 2.75) is 48.8 Å². The van der Waals surface area contributed by atoms with Gasteiger partial charge in [0.2, 0.25) is 9.84 Å². The molecule has 3 aromatic rings. The van der Waals surface area contributed by atoms with Crippen LogP contribution >= 0.6 is 0 Å². The second kappa shape index (κ2) is 8.86. The largest absolute Gasteiger partial charge is 0.507 e. The Morgan fingerprint density at radius 3 is 2.45 bits per heavy atom. The molecule has 0 radical (unpaired) electrons. The summed E-state index contributed by atoms with van der Waals surface area (Å²) in [5.74, 6) is -0.982. The van der Waals surface area contributed by atoms with Crippen LogP contribution in [0.25, 0.3) is 0 Å². The molecule has 0 aliphatic heterocycles. The van der Waals surface area contributed by atoms with Gasteiger partial charge in [-0.05, 0) is 91.3 Å². The predicted octanol–water partition coefficient (Wildman–Crippen LogP) is 4.97. The zero-order valence-corrected chi connectivity index (χ0v) is 18.8. The number of phenolic OH excluding ortho intramolecular Hbond substituents is 1. The maximum Gasteiger partial charge on any atom is 0.303 e. The first kappa shape index (κ1) is 22.8. The number of phenols is 1. The zero-order valence-electron chi connectivity index (χ0n) is 18.0. The number of aliphatic carboxylic acids is 1. The van der Waals surface area contributed by atoms with Gasteiger partial charge >= 0.3 is 5.97 Å². The number of fused-ring (bicyclic) bond motifs is 1. The van der Waals surface area contributed by atoms with Gasteiger partial charge in [0.25, 0.3) is 0 Å². The molecule has 0 saturated heterocycles. The second-order valence-corrected chi connectivity index (χ2v) is 9.99. The SMILES string of the molecule is Cc1cc(CCC(=O)O)c2c(c1Oc1ccc(O)c(S(=O)(=O)c3ccc(F)cc3)c1)CCC2. The molecule has 0 bridgehead atoms. The Morgan fingerprint density at radius 2 is 1.76 bits per heavy atom. The maximum atomic E-state index is 13.2. The summed E-state index contributed by atoms with van der Waals surface area (Å²) < 4.78 is 45.4. The average Bonchev–Trinajstić information content (AvgIpc) is 3.26. The van der Waals surface area contributed by atoms with Gasteiger partial charge in [0.15, 0.2) is 0 Å². The number of benzene rings is 3. The number of ether oxygens (including phenoxy) is 1. The molecule has 0 amide bonds. The van der Waals surface area contributed by atoms with Crippen LogP contribution in [-0.2, 0) is 33.9 Å². The van der Waals surface area contributed by atoms with E-state index < -0.39 is 27.4 Å². The Hall–Kier alpha value is -3.39. The van der Waals surface area contributed by atoms with Gasteiger partial charge in [-0.15, -0.1) is 0 Å². The van der Waals surface area contributed by atoms with E-state index in [4.69, 9.17) is 9.84 Å². The van der Waals surface area contributed by atoms with E-state index in [1.54, 1.807) is 0 Å². The lowest BCUT2D eigenvalue weighted by molar-refractivity contribution is -0.136. The molecule has 6 nitrogen and oxygen atoms in total. The van der Waals surface area contributed by atoms with Crippen molar-refractivity contribution in [1.29, 1.82) is 0 Å². The number of rotatable bonds is 7. The van der Waals surface area contributed by atoms with E-state index in [9.17, 15) is 22.7 Å². The van der Waals surface area contributed by atoms with Crippen molar-refractivity contribution in [3.05, 3.63) is 76.6 Å². The highest BCUT2D eigenvalue weighted by molar-refractivity contribution is 7.91. The first-order valence-electron chi connectivity index (χ1n) is 10.5. The van der Waals surface area contributed by atoms with Gasteiger partial charge < -0.3 is 14.9 Å². The van der Waals surface area contributed by atoms with Crippen LogP contribution in [0.4, 0.5) is 4.39 Å². The monoisotopic (exact) mass is 470 g/mol. The van der Waals surface area contributed by atoms with Crippen LogP contribution in [0.3, 0.4) is 0 Å². The van der Waals surface area contributed by atoms with Gasteiger partial charge in [-0.2, -0.15) is 0 Å². The van der Waals surface area contributed by atoms with Crippen LogP contribution in [0.2, 0.25) is 0 Å². The van der Waals surface area contributed by atoms with Crippen LogP contribution in [0.5, 0.6) is 17.2 Å². The van der Waals surface area contributed by atoms with E-state index in [0.29, 0.717) is 12.2 Å². The Kier molecular flexibility index (Phi) is 6.12. The number of carboxylic acid groups (broad SMARTS) is 1. The number of hydrogen-bond acceptors (Lipinski definition) is 5. The van der Waals surface area contributed by atoms with E-state index in [-0.39, 0.29) is 22.0 Å². The number of sulfone groups is 1. The second-order valence-electron chi connectivity index (χ2n) is 8.08. The summed E-state index contributed by atoms with van der Waals surface area (Å²) in [6.45, 7) is 1.87. The molecule has 0 fully saturated rings. The lowest BCUT2D eigenvalue weighted by atomic mass is 9.95. The zero-order chi connectivity index (χ0) is 23.8. The molecule has 172 valence electrons. The minimum Gasteiger partial charge on any atom is -0.507 e. The number of halogens is 1. The molecule has 4 rings (SSSR count). The van der Waals surface area contributed by atoms with Crippen molar-refractivity contribution in [1.82, 2.24) is 0 Å². The quantitative estimate of drug-likeness (QED) is 0.473. The fraction of sp³-hybridized carbons (Fsp3) is 0.240. The predicted molar refractivity (Wildman–Crippen MR) is 119 cm³/mol. The van der Waals surface area contributed by atoms with Crippen molar-refractivity contribution < 1.29 is 32.6 Å². The summed E-state index contributed by atoms with van der Waals surface area (Å²) in [4.78, 5) is 10.5. The van der Waals surface area contributed by atoms with E-state index in [1.165, 1.54) is 18.2 Å². The average molecular weight is 471 g/mol. The molecule has 0 aromatic heterocycles. The van der Waals surface area contributed by atoms with Crippen molar-refractivity contribution in [2.75, 3.05) is 0 Å². The van der Waals surface area contributed by atoms with E-state index >= 15 is 0 Å². The highest BCUT2D eigenvalue weighted by Crippen LogP contribution is 2.40. The van der Waals surface area contributed by atoms with E-state index in [0.717, 1.165) is 65.8 Å². The molecule has 33 heavy (non-hydrogen) atoms. The van der Waals surface area contributed by atoms with Gasteiger partial charge in [0, 0.05) is 12.5 Å². The Balaban J connectivity index is 1.71. The van der Waals surface area contributed by atoms with Crippen molar-refractivity contribution in [2.24, 2.45) is 0 Å². The van der Waals surface area contributed by atoms with Gasteiger partial charge in [0.05, 0.1) is 4.90 Å². The number of aryl methyl sites for hydroxylation is 2. The molecule has 0 saturated carbocycles. The number of carboxylic acids is 1. The maximum absolute atomic E-state index is 13.2. The normalized spacial score (nSPS) is 13.0. The van der Waals surface area contributed by atoms with Crippen LogP contribution < -0.4 is 4.74 Å². The smallest absolute Gasteiger partial charge is 0.303 e. The summed E-state index contributed by atoms with van der Waals surface area (Å²) in [6, 6.07) is 10.3. The topological polar surface area (TPSA) is 101 Å². The highest BCUT2D eigenvalue weighted by atomic mass is 32.2. The summed E-state index contributed by atoms with van der Waals surface area (Å²) in [5.41, 5.74) is 3.92. The first-order chi connectivity index (χ1) is 15.7. The van der Waals surface area contributed by atoms with Gasteiger partial charge in [-0.1, -0.05) is 6.07 Å². The standard InChI is InChI=1S/C25H23FO6S/c1-15-13-16(5-12-24(28)29)20-3-2-4-21(20)25(15)32-18-8-11-22(27)23(14-18)33(30,31)19-9-6-17(26)7-10-19/h6-11,13-14,27H,2-5,12H2,1H3,(H,28,29). The van der Waals surface area contributed by atoms with Crippen LogP contribution in [0.15, 0.2) is 58.3 Å². The third-order valence-electron chi connectivity index (χ3n) is 5.80. The molecule has 3 aromatic carbocycles. The summed E-state index contributed by atoms with van der Waals surface area (Å²) >= 11 is 0. The van der Waals surface area contributed by atoms with Crippen molar-refractivity contribution >= 4 is 15.8 Å². The fourth-order valence-corrected chi connectivity index (χ4v) is 5.60. The summed E-state index contributed by atoms with van der Waals surface area (Å²) in [5, 5.41) is 19.3. The third-order valence-corrected chi connectivity index (χ3v) is 7.60. The molecule has 1 aliphatic carbocycles. The minimum absolute atomic E-state index is 0.0502. The molecule has 0 heterocycles. The number of aromatic hydroxyl groups is 1. The molecule has 0 spiro atoms. The molecule has 2 N–H and O–H groups in total. The summed E-state index contributed by atoms with van der Waals surface area (Å²) in [7, 11) is -4.10. The van der Waals surface area contributed by atoms with Gasteiger partial charge in [0.1, 0.15) is 28.0 Å². The fourth-order valence-electron chi connectivity index (χ4n) is 4.24. The number of carbonyl (C=O) groups is 1. The molecule has 0 atom stereocenters. The van der Waals surface area contributed by atoms with Crippen molar-refractivity contribution in [3.63, 3.8) is 0 Å². The highest BCUT2D eigenvalue weighted by Gasteiger charge is 2.25. The van der Waals surface area contributed by atoms with Crippen LogP contribution in [0, 0.1) is 12.7 Å². The van der Waals surface area contributed by atoms with Gasteiger partial charge in [-0.3, -0.25) is 4.79 Å². The van der Waals surface area contributed by atoms with E-state index in [2.05, 4.69) is 0 Å². The Morgan fingerprint density at radius 1 is 1.06 bits per heavy atom. The Bertz CT molecular complexity index is 1330.